The summed E-state index contributed by atoms with van der Waals surface area (Å²) in [5.74, 6) is -0.355. The second-order valence-corrected chi connectivity index (χ2v) is 7.11. The fourth-order valence-electron chi connectivity index (χ4n) is 2.86. The third kappa shape index (κ3) is 5.59. The number of rotatable bonds is 6. The summed E-state index contributed by atoms with van der Waals surface area (Å²) in [7, 11) is 0. The summed E-state index contributed by atoms with van der Waals surface area (Å²) >= 11 is 6.09. The van der Waals surface area contributed by atoms with E-state index in [1.165, 1.54) is 6.92 Å². The summed E-state index contributed by atoms with van der Waals surface area (Å²) in [5.41, 5.74) is 4.80. The molecule has 0 aliphatic heterocycles. The summed E-state index contributed by atoms with van der Waals surface area (Å²) in [6.07, 6.45) is 0. The summed E-state index contributed by atoms with van der Waals surface area (Å²) in [6, 6.07) is 20.4. The number of amides is 2. The Morgan fingerprint density at radius 1 is 0.897 bits per heavy atom. The van der Waals surface area contributed by atoms with Crippen LogP contribution in [0, 0.1) is 6.92 Å². The van der Waals surface area contributed by atoms with E-state index in [9.17, 15) is 9.59 Å². The second-order valence-electron chi connectivity index (χ2n) is 6.70. The fourth-order valence-corrected chi connectivity index (χ4v) is 3.08. The van der Waals surface area contributed by atoms with E-state index in [-0.39, 0.29) is 11.8 Å². The van der Waals surface area contributed by atoms with Crippen LogP contribution in [0.25, 0.3) is 0 Å². The van der Waals surface area contributed by atoms with Crippen LogP contribution in [0.2, 0.25) is 5.02 Å². The van der Waals surface area contributed by atoms with E-state index in [0.717, 1.165) is 22.5 Å². The van der Waals surface area contributed by atoms with E-state index in [1.807, 2.05) is 49.4 Å². The Morgan fingerprint density at radius 2 is 1.69 bits per heavy atom. The Kier molecular flexibility index (Phi) is 6.52. The van der Waals surface area contributed by atoms with Gasteiger partial charge >= 0.3 is 0 Å². The van der Waals surface area contributed by atoms with Crippen molar-refractivity contribution in [3.05, 3.63) is 88.4 Å². The summed E-state index contributed by atoms with van der Waals surface area (Å²) in [5, 5.41) is 9.45. The quantitative estimate of drug-likeness (QED) is 0.507. The molecular formula is C23H22ClN3O2. The molecule has 6 heteroatoms. The van der Waals surface area contributed by atoms with Gasteiger partial charge < -0.3 is 16.0 Å². The van der Waals surface area contributed by atoms with E-state index in [0.29, 0.717) is 22.8 Å². The lowest BCUT2D eigenvalue weighted by atomic mass is 10.1. The van der Waals surface area contributed by atoms with Crippen molar-refractivity contribution in [2.75, 3.05) is 16.0 Å². The van der Waals surface area contributed by atoms with Crippen LogP contribution in [-0.4, -0.2) is 11.8 Å². The van der Waals surface area contributed by atoms with E-state index in [1.54, 1.807) is 24.3 Å². The highest BCUT2D eigenvalue weighted by molar-refractivity contribution is 6.34. The topological polar surface area (TPSA) is 70.2 Å². The van der Waals surface area contributed by atoms with Crippen LogP contribution in [0.4, 0.5) is 17.1 Å². The highest BCUT2D eigenvalue weighted by Crippen LogP contribution is 2.22. The van der Waals surface area contributed by atoms with Crippen LogP contribution < -0.4 is 16.0 Å². The first-order valence-electron chi connectivity index (χ1n) is 9.19. The largest absolute Gasteiger partial charge is 0.381 e. The molecule has 0 unspecified atom stereocenters. The minimum Gasteiger partial charge on any atom is -0.381 e. The molecule has 0 saturated carbocycles. The lowest BCUT2D eigenvalue weighted by Gasteiger charge is -2.12. The summed E-state index contributed by atoms with van der Waals surface area (Å²) < 4.78 is 0. The zero-order valence-corrected chi connectivity index (χ0v) is 17.0. The SMILES string of the molecule is CC(=O)Nc1cc(NCc2cccc(NC(=O)c3ccccc3Cl)c2)ccc1C. The van der Waals surface area contributed by atoms with E-state index in [2.05, 4.69) is 16.0 Å². The Morgan fingerprint density at radius 3 is 2.45 bits per heavy atom. The van der Waals surface area contributed by atoms with Gasteiger partial charge in [0.25, 0.3) is 5.91 Å². The maximum atomic E-state index is 12.4. The van der Waals surface area contributed by atoms with Gasteiger partial charge in [0.2, 0.25) is 5.91 Å². The molecule has 0 aliphatic rings. The fraction of sp³-hybridized carbons (Fsp3) is 0.130. The molecule has 3 aromatic rings. The number of halogens is 1. The average molecular weight is 408 g/mol. The zero-order valence-electron chi connectivity index (χ0n) is 16.3. The molecule has 0 spiro atoms. The van der Waals surface area contributed by atoms with Gasteiger partial charge in [0, 0.05) is 30.5 Å². The molecule has 0 saturated heterocycles. The van der Waals surface area contributed by atoms with Gasteiger partial charge in [-0.05, 0) is 54.4 Å². The van der Waals surface area contributed by atoms with Crippen molar-refractivity contribution in [3.8, 4) is 0 Å². The summed E-state index contributed by atoms with van der Waals surface area (Å²) in [6.45, 7) is 4.00. The van der Waals surface area contributed by atoms with Crippen molar-refractivity contribution in [3.63, 3.8) is 0 Å². The Balaban J connectivity index is 1.67. The highest BCUT2D eigenvalue weighted by Gasteiger charge is 2.10. The second kappa shape index (κ2) is 9.26. The van der Waals surface area contributed by atoms with Crippen molar-refractivity contribution >= 4 is 40.5 Å². The van der Waals surface area contributed by atoms with Crippen molar-refractivity contribution < 1.29 is 9.59 Å². The zero-order chi connectivity index (χ0) is 20.8. The van der Waals surface area contributed by atoms with Crippen molar-refractivity contribution in [1.82, 2.24) is 0 Å². The molecule has 148 valence electrons. The molecule has 0 atom stereocenters. The molecule has 2 amide bonds. The number of benzene rings is 3. The van der Waals surface area contributed by atoms with Crippen LogP contribution in [0.5, 0.6) is 0 Å². The normalized spacial score (nSPS) is 10.3. The third-order valence-electron chi connectivity index (χ3n) is 4.35. The molecule has 0 bridgehead atoms. The van der Waals surface area contributed by atoms with E-state index in [4.69, 9.17) is 11.6 Å². The molecule has 3 aromatic carbocycles. The molecule has 0 fully saturated rings. The Bertz CT molecular complexity index is 1050. The minimum absolute atomic E-state index is 0.104. The highest BCUT2D eigenvalue weighted by atomic mass is 35.5. The molecule has 0 aliphatic carbocycles. The predicted octanol–water partition coefficient (Wildman–Crippen LogP) is 5.47. The maximum Gasteiger partial charge on any atom is 0.257 e. The molecule has 3 N–H and O–H groups in total. The van der Waals surface area contributed by atoms with Gasteiger partial charge in [-0.1, -0.05) is 41.9 Å². The first-order chi connectivity index (χ1) is 13.9. The smallest absolute Gasteiger partial charge is 0.257 e. The monoisotopic (exact) mass is 407 g/mol. The van der Waals surface area contributed by atoms with Gasteiger partial charge in [0.1, 0.15) is 0 Å². The number of aryl methyl sites for hydroxylation is 1. The number of hydrogen-bond donors (Lipinski definition) is 3. The van der Waals surface area contributed by atoms with E-state index < -0.39 is 0 Å². The molecular weight excluding hydrogens is 386 g/mol. The van der Waals surface area contributed by atoms with Crippen molar-refractivity contribution in [1.29, 1.82) is 0 Å². The first-order valence-corrected chi connectivity index (χ1v) is 9.57. The van der Waals surface area contributed by atoms with Gasteiger partial charge in [-0.2, -0.15) is 0 Å². The number of nitrogens with one attached hydrogen (secondary N) is 3. The van der Waals surface area contributed by atoms with Crippen molar-refractivity contribution in [2.45, 2.75) is 20.4 Å². The van der Waals surface area contributed by atoms with Gasteiger partial charge in [-0.25, -0.2) is 0 Å². The number of carbonyl (C=O) groups excluding carboxylic acids is 2. The average Bonchev–Trinajstić information content (AvgIpc) is 2.69. The van der Waals surface area contributed by atoms with E-state index >= 15 is 0 Å². The molecule has 3 rings (SSSR count). The first kappa shape index (κ1) is 20.4. The molecule has 0 radical (unpaired) electrons. The van der Waals surface area contributed by atoms with Gasteiger partial charge in [-0.3, -0.25) is 9.59 Å². The van der Waals surface area contributed by atoms with Crippen molar-refractivity contribution in [2.24, 2.45) is 0 Å². The van der Waals surface area contributed by atoms with Gasteiger partial charge in [0.15, 0.2) is 0 Å². The number of anilines is 3. The number of carbonyl (C=O) groups is 2. The lowest BCUT2D eigenvalue weighted by molar-refractivity contribution is -0.114. The molecule has 29 heavy (non-hydrogen) atoms. The van der Waals surface area contributed by atoms with Gasteiger partial charge in [0.05, 0.1) is 10.6 Å². The molecule has 0 heterocycles. The standard InChI is InChI=1S/C23H22ClN3O2/c1-15-10-11-18(13-22(15)26-16(2)28)25-14-17-6-5-7-19(12-17)27-23(29)20-8-3-4-9-21(20)24/h3-13,25H,14H2,1-2H3,(H,26,28)(H,27,29). The Labute approximate surface area is 175 Å². The number of hydrogen-bond acceptors (Lipinski definition) is 3. The lowest BCUT2D eigenvalue weighted by Crippen LogP contribution is -2.12. The van der Waals surface area contributed by atoms with Crippen LogP contribution in [0.15, 0.2) is 66.7 Å². The van der Waals surface area contributed by atoms with Gasteiger partial charge in [-0.15, -0.1) is 0 Å². The minimum atomic E-state index is -0.251. The Hall–Kier alpha value is -3.31. The molecule has 5 nitrogen and oxygen atoms in total. The summed E-state index contributed by atoms with van der Waals surface area (Å²) in [4.78, 5) is 23.8. The van der Waals surface area contributed by atoms with Crippen LogP contribution in [0.1, 0.15) is 28.4 Å². The van der Waals surface area contributed by atoms with Crippen LogP contribution in [-0.2, 0) is 11.3 Å². The molecule has 0 aromatic heterocycles. The van der Waals surface area contributed by atoms with Crippen LogP contribution >= 0.6 is 11.6 Å². The third-order valence-corrected chi connectivity index (χ3v) is 4.68. The predicted molar refractivity (Wildman–Crippen MR) is 119 cm³/mol. The van der Waals surface area contributed by atoms with Crippen LogP contribution in [0.3, 0.4) is 0 Å². The maximum absolute atomic E-state index is 12.4.